The maximum atomic E-state index is 12.6. The fraction of sp³-hybridized carbons (Fsp3) is 0.250. The highest BCUT2D eigenvalue weighted by atomic mass is 19.4. The van der Waals surface area contributed by atoms with Crippen LogP contribution in [-0.4, -0.2) is 27.4 Å². The summed E-state index contributed by atoms with van der Waals surface area (Å²) in [6, 6.07) is 2.64. The van der Waals surface area contributed by atoms with Crippen molar-refractivity contribution in [2.45, 2.75) is 12.7 Å². The highest BCUT2D eigenvalue weighted by Crippen LogP contribution is 2.31. The second-order valence-electron chi connectivity index (χ2n) is 4.22. The highest BCUT2D eigenvalue weighted by molar-refractivity contribution is 5.99. The molecule has 0 saturated carbocycles. The number of carbonyl (C=O) groups excluding carboxylic acids is 1. The van der Waals surface area contributed by atoms with E-state index in [2.05, 4.69) is 15.6 Å². The number of halogens is 3. The Morgan fingerprint density at radius 1 is 1.38 bits per heavy atom. The lowest BCUT2D eigenvalue weighted by atomic mass is 10.1. The van der Waals surface area contributed by atoms with Gasteiger partial charge in [0.05, 0.1) is 23.9 Å². The van der Waals surface area contributed by atoms with E-state index < -0.39 is 17.6 Å². The molecule has 0 saturated heterocycles. The topological polar surface area (TPSA) is 85.8 Å². The Morgan fingerprint density at radius 2 is 2.14 bits per heavy atom. The first-order valence-corrected chi connectivity index (χ1v) is 5.97. The molecule has 0 aliphatic carbocycles. The minimum Gasteiger partial charge on any atom is -0.398 e. The molecule has 0 aliphatic heterocycles. The number of carbonyl (C=O) groups is 1. The molecule has 0 fully saturated rings. The number of anilines is 1. The van der Waals surface area contributed by atoms with E-state index in [1.54, 1.807) is 6.20 Å². The van der Waals surface area contributed by atoms with Gasteiger partial charge < -0.3 is 11.1 Å². The van der Waals surface area contributed by atoms with Crippen molar-refractivity contribution >= 4 is 11.6 Å². The predicted molar refractivity (Wildman–Crippen MR) is 68.2 cm³/mol. The molecular weight excluding hydrogens is 287 g/mol. The van der Waals surface area contributed by atoms with E-state index in [9.17, 15) is 18.0 Å². The number of alkyl halides is 3. The van der Waals surface area contributed by atoms with Gasteiger partial charge in [0.2, 0.25) is 0 Å². The molecule has 6 nitrogen and oxygen atoms in total. The number of benzene rings is 1. The molecule has 3 N–H and O–H groups in total. The van der Waals surface area contributed by atoms with Crippen LogP contribution in [0.5, 0.6) is 0 Å². The van der Waals surface area contributed by atoms with Gasteiger partial charge in [0.25, 0.3) is 5.91 Å². The molecule has 0 atom stereocenters. The Bertz CT molecular complexity index is 624. The Hall–Kier alpha value is -2.58. The number of nitrogen functional groups attached to an aromatic ring is 1. The third kappa shape index (κ3) is 3.71. The zero-order chi connectivity index (χ0) is 15.5. The van der Waals surface area contributed by atoms with Crippen LogP contribution in [0.25, 0.3) is 0 Å². The van der Waals surface area contributed by atoms with Crippen molar-refractivity contribution in [3.8, 4) is 0 Å². The molecule has 1 heterocycles. The largest absolute Gasteiger partial charge is 0.416 e. The van der Waals surface area contributed by atoms with Crippen LogP contribution in [-0.2, 0) is 12.7 Å². The van der Waals surface area contributed by atoms with Gasteiger partial charge in [0.15, 0.2) is 0 Å². The van der Waals surface area contributed by atoms with E-state index in [1.807, 2.05) is 0 Å². The molecule has 1 aromatic heterocycles. The van der Waals surface area contributed by atoms with E-state index in [1.165, 1.54) is 10.9 Å². The molecule has 0 bridgehead atoms. The van der Waals surface area contributed by atoms with Crippen molar-refractivity contribution in [2.75, 3.05) is 12.3 Å². The number of hydrogen-bond donors (Lipinski definition) is 2. The number of amides is 1. The van der Waals surface area contributed by atoms with E-state index in [4.69, 9.17) is 5.73 Å². The number of nitrogens with one attached hydrogen (secondary N) is 1. The first kappa shape index (κ1) is 14.8. The van der Waals surface area contributed by atoms with Crippen molar-refractivity contribution in [3.63, 3.8) is 0 Å². The van der Waals surface area contributed by atoms with Crippen LogP contribution in [0.4, 0.5) is 18.9 Å². The summed E-state index contributed by atoms with van der Waals surface area (Å²) in [6.07, 6.45) is -1.44. The number of aromatic nitrogens is 3. The monoisotopic (exact) mass is 299 g/mol. The lowest BCUT2D eigenvalue weighted by molar-refractivity contribution is -0.137. The summed E-state index contributed by atoms with van der Waals surface area (Å²) >= 11 is 0. The zero-order valence-corrected chi connectivity index (χ0v) is 10.8. The molecule has 1 aromatic carbocycles. The predicted octanol–water partition coefficient (Wildman–Crippen LogP) is 1.31. The van der Waals surface area contributed by atoms with Gasteiger partial charge in [-0.05, 0) is 18.2 Å². The molecule has 1 amide bonds. The minimum absolute atomic E-state index is 0.0127. The highest BCUT2D eigenvalue weighted by Gasteiger charge is 2.31. The summed E-state index contributed by atoms with van der Waals surface area (Å²) in [4.78, 5) is 11.9. The normalized spacial score (nSPS) is 11.4. The van der Waals surface area contributed by atoms with Gasteiger partial charge in [0.1, 0.15) is 0 Å². The van der Waals surface area contributed by atoms with Gasteiger partial charge in [0, 0.05) is 18.4 Å². The zero-order valence-electron chi connectivity index (χ0n) is 10.8. The molecule has 2 aromatic rings. The van der Waals surface area contributed by atoms with Gasteiger partial charge in [-0.3, -0.25) is 9.48 Å². The maximum Gasteiger partial charge on any atom is 0.416 e. The second-order valence-corrected chi connectivity index (χ2v) is 4.22. The van der Waals surface area contributed by atoms with E-state index in [0.29, 0.717) is 6.54 Å². The number of nitrogens with zero attached hydrogens (tertiary/aromatic N) is 3. The average Bonchev–Trinajstić information content (AvgIpc) is 2.91. The van der Waals surface area contributed by atoms with Crippen LogP contribution in [0.3, 0.4) is 0 Å². The summed E-state index contributed by atoms with van der Waals surface area (Å²) in [5.74, 6) is -0.668. The summed E-state index contributed by atoms with van der Waals surface area (Å²) < 4.78 is 39.3. The molecule has 2 rings (SSSR count). The lowest BCUT2D eigenvalue weighted by Crippen LogP contribution is -2.28. The first-order valence-electron chi connectivity index (χ1n) is 5.97. The van der Waals surface area contributed by atoms with Crippen molar-refractivity contribution in [1.29, 1.82) is 0 Å². The minimum atomic E-state index is -4.52. The third-order valence-corrected chi connectivity index (χ3v) is 2.72. The molecular formula is C12H12F3N5O. The second kappa shape index (κ2) is 5.81. The summed E-state index contributed by atoms with van der Waals surface area (Å²) in [6.45, 7) is 0.544. The van der Waals surface area contributed by atoms with Crippen LogP contribution in [0, 0.1) is 0 Å². The third-order valence-electron chi connectivity index (χ3n) is 2.72. The molecule has 0 radical (unpaired) electrons. The SMILES string of the molecule is Nc1ccc(C(F)(F)F)cc1C(=O)NCCn1ccnn1. The Balaban J connectivity index is 2.04. The van der Waals surface area contributed by atoms with Gasteiger partial charge in [-0.1, -0.05) is 5.21 Å². The average molecular weight is 299 g/mol. The van der Waals surface area contributed by atoms with Crippen LogP contribution < -0.4 is 11.1 Å². The molecule has 112 valence electrons. The molecule has 0 spiro atoms. The fourth-order valence-corrected chi connectivity index (χ4v) is 1.66. The smallest absolute Gasteiger partial charge is 0.398 e. The summed E-state index contributed by atoms with van der Waals surface area (Å²) in [7, 11) is 0. The fourth-order valence-electron chi connectivity index (χ4n) is 1.66. The quantitative estimate of drug-likeness (QED) is 0.833. The van der Waals surface area contributed by atoms with Gasteiger partial charge in [-0.25, -0.2) is 0 Å². The van der Waals surface area contributed by atoms with Gasteiger partial charge in [-0.15, -0.1) is 5.10 Å². The van der Waals surface area contributed by atoms with E-state index in [0.717, 1.165) is 18.2 Å². The number of rotatable bonds is 4. The molecule has 0 unspecified atom stereocenters. The first-order chi connectivity index (χ1) is 9.88. The van der Waals surface area contributed by atoms with Gasteiger partial charge >= 0.3 is 6.18 Å². The maximum absolute atomic E-state index is 12.6. The number of nitrogens with two attached hydrogens (primary N) is 1. The van der Waals surface area contributed by atoms with Crippen LogP contribution in [0.15, 0.2) is 30.6 Å². The van der Waals surface area contributed by atoms with Gasteiger partial charge in [-0.2, -0.15) is 13.2 Å². The van der Waals surface area contributed by atoms with Crippen molar-refractivity contribution < 1.29 is 18.0 Å². The summed E-state index contributed by atoms with van der Waals surface area (Å²) in [5.41, 5.74) is 4.41. The van der Waals surface area contributed by atoms with E-state index in [-0.39, 0.29) is 17.8 Å². The molecule has 9 heteroatoms. The standard InChI is InChI=1S/C12H12F3N5O/c13-12(14,15)8-1-2-10(16)9(7-8)11(21)17-3-5-20-6-4-18-19-20/h1-2,4,6-7H,3,5,16H2,(H,17,21). The Morgan fingerprint density at radius 3 is 2.76 bits per heavy atom. The van der Waals surface area contributed by atoms with Crippen LogP contribution in [0.2, 0.25) is 0 Å². The number of hydrogen-bond acceptors (Lipinski definition) is 4. The Labute approximate surface area is 117 Å². The van der Waals surface area contributed by atoms with Crippen molar-refractivity contribution in [3.05, 3.63) is 41.7 Å². The lowest BCUT2D eigenvalue weighted by Gasteiger charge is -2.11. The molecule has 21 heavy (non-hydrogen) atoms. The molecule has 0 aliphatic rings. The van der Waals surface area contributed by atoms with Crippen LogP contribution >= 0.6 is 0 Å². The summed E-state index contributed by atoms with van der Waals surface area (Å²) in [5, 5.41) is 9.76. The van der Waals surface area contributed by atoms with Crippen molar-refractivity contribution in [1.82, 2.24) is 20.3 Å². The van der Waals surface area contributed by atoms with Crippen molar-refractivity contribution in [2.24, 2.45) is 0 Å². The van der Waals surface area contributed by atoms with Crippen LogP contribution in [0.1, 0.15) is 15.9 Å². The van der Waals surface area contributed by atoms with E-state index >= 15 is 0 Å². The Kier molecular flexibility index (Phi) is 4.10.